The Balaban J connectivity index is 2.19. The maximum absolute atomic E-state index is 9.79. The van der Waals surface area contributed by atoms with Gasteiger partial charge < -0.3 is 10.2 Å². The van der Waals surface area contributed by atoms with E-state index >= 15 is 0 Å². The van der Waals surface area contributed by atoms with Crippen LogP contribution in [0.1, 0.15) is 55.7 Å². The van der Waals surface area contributed by atoms with Gasteiger partial charge >= 0.3 is 0 Å². The van der Waals surface area contributed by atoms with E-state index in [1.54, 1.807) is 6.92 Å². The molecule has 0 bridgehead atoms. The van der Waals surface area contributed by atoms with E-state index in [1.165, 1.54) is 24.0 Å². The third-order valence-electron chi connectivity index (χ3n) is 4.14. The molecule has 0 aliphatic heterocycles. The van der Waals surface area contributed by atoms with Crippen molar-refractivity contribution in [1.29, 1.82) is 0 Å². The number of fused-ring (bicyclic) bond motifs is 1. The van der Waals surface area contributed by atoms with Crippen molar-refractivity contribution in [2.24, 2.45) is 0 Å². The Bertz CT molecular complexity index is 443. The fraction of sp³-hybridized carbons (Fsp3) is 0.625. The SMILES string of the molecule is CC(CC(O)C(C)O)c1cc2c(cc1Cl)CCCC2. The van der Waals surface area contributed by atoms with E-state index in [9.17, 15) is 10.2 Å². The minimum atomic E-state index is -0.696. The van der Waals surface area contributed by atoms with Gasteiger partial charge in [-0.25, -0.2) is 0 Å². The average Bonchev–Trinajstić information content (AvgIpc) is 2.37. The molecule has 0 saturated carbocycles. The first-order valence-electron chi connectivity index (χ1n) is 7.16. The number of benzene rings is 1. The highest BCUT2D eigenvalue weighted by Crippen LogP contribution is 2.33. The Labute approximate surface area is 120 Å². The van der Waals surface area contributed by atoms with E-state index in [0.29, 0.717) is 6.42 Å². The summed E-state index contributed by atoms with van der Waals surface area (Å²) in [7, 11) is 0. The molecule has 1 aromatic carbocycles. The summed E-state index contributed by atoms with van der Waals surface area (Å²) in [5.41, 5.74) is 3.88. The largest absolute Gasteiger partial charge is 0.391 e. The number of halogens is 1. The summed E-state index contributed by atoms with van der Waals surface area (Å²) in [6.45, 7) is 3.67. The first-order valence-corrected chi connectivity index (χ1v) is 7.54. The monoisotopic (exact) mass is 282 g/mol. The smallest absolute Gasteiger partial charge is 0.0802 e. The van der Waals surface area contributed by atoms with Crippen molar-refractivity contribution >= 4 is 11.6 Å². The summed E-state index contributed by atoms with van der Waals surface area (Å²) in [6.07, 6.45) is 3.90. The molecule has 3 heteroatoms. The molecule has 3 unspecified atom stereocenters. The van der Waals surface area contributed by atoms with Gasteiger partial charge in [0.25, 0.3) is 0 Å². The number of rotatable bonds is 4. The maximum atomic E-state index is 9.79. The van der Waals surface area contributed by atoms with Gasteiger partial charge in [-0.15, -0.1) is 0 Å². The Hall–Kier alpha value is -0.570. The lowest BCUT2D eigenvalue weighted by atomic mass is 9.86. The second kappa shape index (κ2) is 6.25. The quantitative estimate of drug-likeness (QED) is 0.888. The standard InChI is InChI=1S/C16H23ClO2/c1-10(7-16(19)11(2)18)14-8-12-5-3-4-6-13(12)9-15(14)17/h8-11,16,18-19H,3-7H2,1-2H3. The summed E-state index contributed by atoms with van der Waals surface area (Å²) < 4.78 is 0. The van der Waals surface area contributed by atoms with E-state index < -0.39 is 12.2 Å². The molecule has 19 heavy (non-hydrogen) atoms. The van der Waals surface area contributed by atoms with Crippen LogP contribution in [0.15, 0.2) is 12.1 Å². The first kappa shape index (κ1) is 14.8. The van der Waals surface area contributed by atoms with Crippen molar-refractivity contribution < 1.29 is 10.2 Å². The summed E-state index contributed by atoms with van der Waals surface area (Å²) in [5, 5.41) is 20.0. The molecule has 0 fully saturated rings. The highest BCUT2D eigenvalue weighted by atomic mass is 35.5. The van der Waals surface area contributed by atoms with Crippen molar-refractivity contribution in [3.05, 3.63) is 33.8 Å². The van der Waals surface area contributed by atoms with Crippen molar-refractivity contribution in [2.45, 2.75) is 64.1 Å². The summed E-state index contributed by atoms with van der Waals surface area (Å²) in [6, 6.07) is 4.30. The summed E-state index contributed by atoms with van der Waals surface area (Å²) >= 11 is 6.37. The van der Waals surface area contributed by atoms with Gasteiger partial charge in [-0.05, 0) is 67.7 Å². The Morgan fingerprint density at radius 2 is 1.68 bits per heavy atom. The van der Waals surface area contributed by atoms with Gasteiger partial charge in [0.05, 0.1) is 12.2 Å². The third kappa shape index (κ3) is 3.50. The van der Waals surface area contributed by atoms with Crippen LogP contribution in [0.4, 0.5) is 0 Å². The molecule has 3 atom stereocenters. The number of aliphatic hydroxyl groups is 2. The molecule has 1 aliphatic carbocycles. The minimum Gasteiger partial charge on any atom is -0.391 e. The van der Waals surface area contributed by atoms with Gasteiger partial charge in [-0.3, -0.25) is 0 Å². The molecular formula is C16H23ClO2. The van der Waals surface area contributed by atoms with E-state index in [0.717, 1.165) is 23.4 Å². The molecule has 0 aromatic heterocycles. The lowest BCUT2D eigenvalue weighted by molar-refractivity contribution is 0.0227. The minimum absolute atomic E-state index is 0.157. The first-order chi connectivity index (χ1) is 8.99. The fourth-order valence-corrected chi connectivity index (χ4v) is 3.21. The van der Waals surface area contributed by atoms with Crippen LogP contribution >= 0.6 is 11.6 Å². The lowest BCUT2D eigenvalue weighted by Crippen LogP contribution is -2.24. The molecule has 0 spiro atoms. The van der Waals surface area contributed by atoms with E-state index in [2.05, 4.69) is 19.1 Å². The van der Waals surface area contributed by atoms with Crippen LogP contribution in [0.25, 0.3) is 0 Å². The Morgan fingerprint density at radius 1 is 1.11 bits per heavy atom. The number of hydrogen-bond acceptors (Lipinski definition) is 2. The molecule has 106 valence electrons. The van der Waals surface area contributed by atoms with Crippen LogP contribution in [0.5, 0.6) is 0 Å². The molecule has 2 nitrogen and oxygen atoms in total. The topological polar surface area (TPSA) is 40.5 Å². The van der Waals surface area contributed by atoms with Gasteiger partial charge in [0.15, 0.2) is 0 Å². The number of aliphatic hydroxyl groups excluding tert-OH is 2. The molecule has 2 rings (SSSR count). The predicted octanol–water partition coefficient (Wildman–Crippen LogP) is 3.45. The van der Waals surface area contributed by atoms with Gasteiger partial charge in [-0.2, -0.15) is 0 Å². The fourth-order valence-electron chi connectivity index (χ4n) is 2.84. The second-order valence-corrected chi connectivity index (χ2v) is 6.20. The average molecular weight is 283 g/mol. The zero-order valence-corrected chi connectivity index (χ0v) is 12.5. The van der Waals surface area contributed by atoms with Crippen LogP contribution in [0, 0.1) is 0 Å². The van der Waals surface area contributed by atoms with Crippen LogP contribution < -0.4 is 0 Å². The lowest BCUT2D eigenvalue weighted by Gasteiger charge is -2.23. The maximum Gasteiger partial charge on any atom is 0.0802 e. The van der Waals surface area contributed by atoms with Crippen molar-refractivity contribution in [2.75, 3.05) is 0 Å². The summed E-state index contributed by atoms with van der Waals surface area (Å²) in [5.74, 6) is 0.157. The van der Waals surface area contributed by atoms with Gasteiger partial charge in [0.1, 0.15) is 0 Å². The molecule has 0 radical (unpaired) electrons. The van der Waals surface area contributed by atoms with E-state index in [1.807, 2.05) is 0 Å². The van der Waals surface area contributed by atoms with Gasteiger partial charge in [0, 0.05) is 5.02 Å². The highest BCUT2D eigenvalue weighted by Gasteiger charge is 2.20. The second-order valence-electron chi connectivity index (χ2n) is 5.79. The molecule has 0 heterocycles. The van der Waals surface area contributed by atoms with Crippen LogP contribution in [0.2, 0.25) is 5.02 Å². The normalized spacial score (nSPS) is 19.6. The van der Waals surface area contributed by atoms with Gasteiger partial charge in [0.2, 0.25) is 0 Å². The molecule has 0 amide bonds. The Morgan fingerprint density at radius 3 is 2.26 bits per heavy atom. The molecule has 2 N–H and O–H groups in total. The molecule has 1 aromatic rings. The highest BCUT2D eigenvalue weighted by molar-refractivity contribution is 6.31. The number of aryl methyl sites for hydroxylation is 2. The summed E-state index contributed by atoms with van der Waals surface area (Å²) in [4.78, 5) is 0. The van der Waals surface area contributed by atoms with Crippen LogP contribution in [-0.4, -0.2) is 22.4 Å². The molecule has 0 saturated heterocycles. The number of hydrogen-bond donors (Lipinski definition) is 2. The zero-order valence-electron chi connectivity index (χ0n) is 11.7. The predicted molar refractivity (Wildman–Crippen MR) is 78.8 cm³/mol. The molecular weight excluding hydrogens is 260 g/mol. The van der Waals surface area contributed by atoms with Crippen molar-refractivity contribution in [3.63, 3.8) is 0 Å². The zero-order chi connectivity index (χ0) is 14.0. The van der Waals surface area contributed by atoms with Crippen LogP contribution in [-0.2, 0) is 12.8 Å². The van der Waals surface area contributed by atoms with E-state index in [-0.39, 0.29) is 5.92 Å². The third-order valence-corrected chi connectivity index (χ3v) is 4.47. The molecule has 1 aliphatic rings. The van der Waals surface area contributed by atoms with Crippen LogP contribution in [0.3, 0.4) is 0 Å². The van der Waals surface area contributed by atoms with Crippen molar-refractivity contribution in [3.8, 4) is 0 Å². The Kier molecular flexibility index (Phi) is 4.88. The van der Waals surface area contributed by atoms with E-state index in [4.69, 9.17) is 11.6 Å². The van der Waals surface area contributed by atoms with Crippen molar-refractivity contribution in [1.82, 2.24) is 0 Å². The van der Waals surface area contributed by atoms with Gasteiger partial charge in [-0.1, -0.05) is 24.6 Å².